The van der Waals surface area contributed by atoms with E-state index in [4.69, 9.17) is 9.84 Å². The van der Waals surface area contributed by atoms with Crippen molar-refractivity contribution in [1.82, 2.24) is 10.3 Å². The van der Waals surface area contributed by atoms with Gasteiger partial charge in [-0.2, -0.15) is 0 Å². The molecule has 20 heavy (non-hydrogen) atoms. The number of aryl methyl sites for hydroxylation is 1. The van der Waals surface area contributed by atoms with E-state index in [-0.39, 0.29) is 19.1 Å². The van der Waals surface area contributed by atoms with Crippen molar-refractivity contribution in [1.29, 1.82) is 0 Å². The molecule has 5 nitrogen and oxygen atoms in total. The molecule has 1 aromatic heterocycles. The normalized spacial score (nSPS) is 10.3. The van der Waals surface area contributed by atoms with Gasteiger partial charge >= 0.3 is 0 Å². The lowest BCUT2D eigenvalue weighted by molar-refractivity contribution is 0.0950. The number of hydrogen-bond acceptors (Lipinski definition) is 3. The van der Waals surface area contributed by atoms with Crippen LogP contribution in [-0.2, 0) is 6.54 Å². The van der Waals surface area contributed by atoms with E-state index in [1.165, 1.54) is 0 Å². The highest BCUT2D eigenvalue weighted by Gasteiger charge is 2.10. The highest BCUT2D eigenvalue weighted by Crippen LogP contribution is 2.17. The smallest absolute Gasteiger partial charge is 0.253 e. The maximum Gasteiger partial charge on any atom is 0.253 e. The monoisotopic (exact) mass is 274 g/mol. The number of nitrogens with one attached hydrogen (secondary N) is 2. The van der Waals surface area contributed by atoms with Crippen LogP contribution in [0.2, 0.25) is 0 Å². The fourth-order valence-electron chi connectivity index (χ4n) is 1.92. The average molecular weight is 274 g/mol. The van der Waals surface area contributed by atoms with E-state index >= 15 is 0 Å². The molecule has 0 aliphatic heterocycles. The zero-order valence-electron chi connectivity index (χ0n) is 11.3. The second kappa shape index (κ2) is 6.77. The average Bonchev–Trinajstić information content (AvgIpc) is 2.89. The Kier molecular flexibility index (Phi) is 4.79. The van der Waals surface area contributed by atoms with Crippen LogP contribution in [0.3, 0.4) is 0 Å². The van der Waals surface area contributed by atoms with E-state index in [0.29, 0.717) is 17.9 Å². The number of amides is 1. The van der Waals surface area contributed by atoms with Crippen molar-refractivity contribution in [3.63, 3.8) is 0 Å². The van der Waals surface area contributed by atoms with Crippen molar-refractivity contribution >= 4 is 5.91 Å². The SMILES string of the molecule is Cc1[nH]ccc1C(=O)NCc1ccccc1OCCO. The zero-order chi connectivity index (χ0) is 14.4. The third kappa shape index (κ3) is 3.39. The number of hydrogen-bond donors (Lipinski definition) is 3. The van der Waals surface area contributed by atoms with Gasteiger partial charge < -0.3 is 20.1 Å². The number of para-hydroxylation sites is 1. The van der Waals surface area contributed by atoms with E-state index in [2.05, 4.69) is 10.3 Å². The fraction of sp³-hybridized carbons (Fsp3) is 0.267. The molecule has 2 rings (SSSR count). The summed E-state index contributed by atoms with van der Waals surface area (Å²) >= 11 is 0. The number of ether oxygens (including phenoxy) is 1. The molecule has 2 aromatic rings. The number of aliphatic hydroxyl groups excluding tert-OH is 1. The van der Waals surface area contributed by atoms with Gasteiger partial charge in [-0.25, -0.2) is 0 Å². The first-order valence-corrected chi connectivity index (χ1v) is 6.46. The molecule has 0 spiro atoms. The maximum absolute atomic E-state index is 12.0. The summed E-state index contributed by atoms with van der Waals surface area (Å²) in [5.74, 6) is 0.549. The van der Waals surface area contributed by atoms with E-state index in [1.54, 1.807) is 12.3 Å². The highest BCUT2D eigenvalue weighted by molar-refractivity contribution is 5.95. The molecular formula is C15H18N2O3. The van der Waals surface area contributed by atoms with Crippen molar-refractivity contribution in [2.45, 2.75) is 13.5 Å². The topological polar surface area (TPSA) is 74.4 Å². The molecule has 0 fully saturated rings. The summed E-state index contributed by atoms with van der Waals surface area (Å²) in [7, 11) is 0. The summed E-state index contributed by atoms with van der Waals surface area (Å²) in [5, 5.41) is 11.7. The van der Waals surface area contributed by atoms with Crippen molar-refractivity contribution in [2.24, 2.45) is 0 Å². The Morgan fingerprint density at radius 1 is 1.35 bits per heavy atom. The minimum Gasteiger partial charge on any atom is -0.491 e. The number of carbonyl (C=O) groups excluding carboxylic acids is 1. The first-order chi connectivity index (χ1) is 9.72. The van der Waals surface area contributed by atoms with Gasteiger partial charge in [0, 0.05) is 24.0 Å². The summed E-state index contributed by atoms with van der Waals surface area (Å²) in [6.07, 6.45) is 1.74. The standard InChI is InChI=1S/C15H18N2O3/c1-11-13(6-7-16-11)15(19)17-10-12-4-2-3-5-14(12)20-9-8-18/h2-7,16,18H,8-10H2,1H3,(H,17,19). The van der Waals surface area contributed by atoms with Crippen molar-refractivity contribution in [3.8, 4) is 5.75 Å². The Balaban J connectivity index is 2.00. The summed E-state index contributed by atoms with van der Waals surface area (Å²) in [6.45, 7) is 2.43. The van der Waals surface area contributed by atoms with Gasteiger partial charge in [0.05, 0.1) is 12.2 Å². The Hall–Kier alpha value is -2.27. The minimum absolute atomic E-state index is 0.0385. The molecule has 0 atom stereocenters. The molecule has 0 saturated heterocycles. The van der Waals surface area contributed by atoms with Gasteiger partial charge in [-0.3, -0.25) is 4.79 Å². The van der Waals surface area contributed by atoms with Gasteiger partial charge in [-0.1, -0.05) is 18.2 Å². The molecule has 0 aliphatic rings. The second-order valence-corrected chi connectivity index (χ2v) is 4.38. The molecule has 106 valence electrons. The van der Waals surface area contributed by atoms with Crippen molar-refractivity contribution < 1.29 is 14.6 Å². The van der Waals surface area contributed by atoms with Crippen molar-refractivity contribution in [2.75, 3.05) is 13.2 Å². The molecule has 0 bridgehead atoms. The largest absolute Gasteiger partial charge is 0.491 e. The Labute approximate surface area is 117 Å². The van der Waals surface area contributed by atoms with Gasteiger partial charge in [-0.15, -0.1) is 0 Å². The third-order valence-electron chi connectivity index (χ3n) is 2.96. The van der Waals surface area contributed by atoms with Crippen LogP contribution in [-0.4, -0.2) is 29.2 Å². The Morgan fingerprint density at radius 3 is 2.85 bits per heavy atom. The van der Waals surface area contributed by atoms with Crippen LogP contribution >= 0.6 is 0 Å². The van der Waals surface area contributed by atoms with Crippen LogP contribution in [0.25, 0.3) is 0 Å². The molecule has 0 radical (unpaired) electrons. The van der Waals surface area contributed by atoms with Crippen molar-refractivity contribution in [3.05, 3.63) is 53.3 Å². The van der Waals surface area contributed by atoms with Crippen LogP contribution in [0.4, 0.5) is 0 Å². The fourth-order valence-corrected chi connectivity index (χ4v) is 1.92. The van der Waals surface area contributed by atoms with E-state index in [1.807, 2.05) is 31.2 Å². The lowest BCUT2D eigenvalue weighted by Gasteiger charge is -2.11. The lowest BCUT2D eigenvalue weighted by Crippen LogP contribution is -2.23. The summed E-state index contributed by atoms with van der Waals surface area (Å²) in [4.78, 5) is 15.0. The van der Waals surface area contributed by atoms with E-state index in [9.17, 15) is 4.79 Å². The van der Waals surface area contributed by atoms with Gasteiger partial charge in [0.15, 0.2) is 0 Å². The van der Waals surface area contributed by atoms with Gasteiger partial charge in [0.2, 0.25) is 0 Å². The number of carbonyl (C=O) groups is 1. The number of rotatable bonds is 6. The number of benzene rings is 1. The van der Waals surface area contributed by atoms with E-state index < -0.39 is 0 Å². The molecule has 1 heterocycles. The molecule has 5 heteroatoms. The maximum atomic E-state index is 12.0. The molecular weight excluding hydrogens is 256 g/mol. The van der Waals surface area contributed by atoms with Gasteiger partial charge in [0.25, 0.3) is 5.91 Å². The van der Waals surface area contributed by atoms with Gasteiger partial charge in [0.1, 0.15) is 12.4 Å². The molecule has 1 amide bonds. The van der Waals surface area contributed by atoms with E-state index in [0.717, 1.165) is 11.3 Å². The first-order valence-electron chi connectivity index (χ1n) is 6.46. The number of H-pyrrole nitrogens is 1. The summed E-state index contributed by atoms with van der Waals surface area (Å²) in [5.41, 5.74) is 2.36. The molecule has 0 unspecified atom stereocenters. The predicted octanol–water partition coefficient (Wildman–Crippen LogP) is 1.62. The molecule has 0 aliphatic carbocycles. The molecule has 0 saturated carbocycles. The molecule has 3 N–H and O–H groups in total. The van der Waals surface area contributed by atoms with Crippen LogP contribution < -0.4 is 10.1 Å². The van der Waals surface area contributed by atoms with Crippen LogP contribution in [0.15, 0.2) is 36.5 Å². The molecule has 1 aromatic carbocycles. The second-order valence-electron chi connectivity index (χ2n) is 4.38. The summed E-state index contributed by atoms with van der Waals surface area (Å²) < 4.78 is 5.43. The summed E-state index contributed by atoms with van der Waals surface area (Å²) in [6, 6.07) is 9.19. The van der Waals surface area contributed by atoms with Crippen LogP contribution in [0.1, 0.15) is 21.6 Å². The number of aromatic amines is 1. The third-order valence-corrected chi connectivity index (χ3v) is 2.96. The lowest BCUT2D eigenvalue weighted by atomic mass is 10.2. The quantitative estimate of drug-likeness (QED) is 0.749. The Morgan fingerprint density at radius 2 is 2.15 bits per heavy atom. The number of aromatic nitrogens is 1. The predicted molar refractivity (Wildman–Crippen MR) is 75.7 cm³/mol. The highest BCUT2D eigenvalue weighted by atomic mass is 16.5. The van der Waals surface area contributed by atoms with Crippen LogP contribution in [0.5, 0.6) is 5.75 Å². The minimum atomic E-state index is -0.124. The number of aliphatic hydroxyl groups is 1. The zero-order valence-corrected chi connectivity index (χ0v) is 11.3. The Bertz CT molecular complexity index is 578. The first kappa shape index (κ1) is 14.1. The van der Waals surface area contributed by atoms with Crippen LogP contribution in [0, 0.1) is 6.92 Å². The van der Waals surface area contributed by atoms with Gasteiger partial charge in [-0.05, 0) is 19.1 Å².